The molecule has 0 aliphatic heterocycles. The van der Waals surface area contributed by atoms with E-state index in [1.807, 2.05) is 32.0 Å². The van der Waals surface area contributed by atoms with Gasteiger partial charge in [-0.1, -0.05) is 42.5 Å². The minimum atomic E-state index is -3.51. The zero-order valence-corrected chi connectivity index (χ0v) is 18.5. The molecule has 7 heteroatoms. The van der Waals surface area contributed by atoms with E-state index in [2.05, 4.69) is 5.32 Å². The summed E-state index contributed by atoms with van der Waals surface area (Å²) in [5.74, 6) is -0.638. The molecule has 5 nitrogen and oxygen atoms in total. The highest BCUT2D eigenvalue weighted by Crippen LogP contribution is 2.28. The van der Waals surface area contributed by atoms with E-state index < -0.39 is 10.0 Å². The summed E-state index contributed by atoms with van der Waals surface area (Å²) in [7, 11) is -3.51. The first kappa shape index (κ1) is 22.5. The largest absolute Gasteiger partial charge is 0.348 e. The molecule has 0 aromatic heterocycles. The second-order valence-corrected chi connectivity index (χ2v) is 9.43. The van der Waals surface area contributed by atoms with Crippen molar-refractivity contribution in [2.75, 3.05) is 10.6 Å². The van der Waals surface area contributed by atoms with Crippen LogP contribution in [0.3, 0.4) is 0 Å². The molecule has 0 radical (unpaired) electrons. The van der Waals surface area contributed by atoms with Crippen LogP contribution in [0.1, 0.15) is 32.6 Å². The number of hydrogen-bond acceptors (Lipinski definition) is 3. The maximum Gasteiger partial charge on any atom is 0.251 e. The average Bonchev–Trinajstić information content (AvgIpc) is 2.71. The van der Waals surface area contributed by atoms with Gasteiger partial charge in [0.2, 0.25) is 10.0 Å². The molecule has 0 unspecified atom stereocenters. The molecule has 3 aromatic rings. The van der Waals surface area contributed by atoms with Crippen molar-refractivity contribution < 1.29 is 17.6 Å². The van der Waals surface area contributed by atoms with Crippen molar-refractivity contribution >= 4 is 21.6 Å². The molecule has 0 aliphatic rings. The first-order chi connectivity index (χ1) is 14.6. The Kier molecular flexibility index (Phi) is 6.75. The SMILES string of the molecule is Cc1cccc(C)c1N(Cc1ccc(C(=O)NCc2cccc(F)c2)cc1)S(C)(=O)=O. The summed E-state index contributed by atoms with van der Waals surface area (Å²) in [6, 6.07) is 18.5. The topological polar surface area (TPSA) is 66.5 Å². The van der Waals surface area contributed by atoms with Gasteiger partial charge in [0.25, 0.3) is 5.91 Å². The molecular formula is C24H25FN2O3S. The van der Waals surface area contributed by atoms with Crippen LogP contribution in [0.25, 0.3) is 0 Å². The van der Waals surface area contributed by atoms with E-state index in [0.717, 1.165) is 16.7 Å². The third-order valence-corrected chi connectivity index (χ3v) is 6.09. The zero-order valence-electron chi connectivity index (χ0n) is 17.7. The molecule has 31 heavy (non-hydrogen) atoms. The maximum atomic E-state index is 13.3. The zero-order chi connectivity index (χ0) is 22.6. The molecule has 0 aliphatic carbocycles. The van der Waals surface area contributed by atoms with Crippen LogP contribution in [0.15, 0.2) is 66.7 Å². The summed E-state index contributed by atoms with van der Waals surface area (Å²) in [5, 5.41) is 2.76. The van der Waals surface area contributed by atoms with Gasteiger partial charge in [0.15, 0.2) is 0 Å². The Labute approximate surface area is 182 Å². The van der Waals surface area contributed by atoms with Crippen LogP contribution in [0.4, 0.5) is 10.1 Å². The van der Waals surface area contributed by atoms with Gasteiger partial charge in [0.05, 0.1) is 18.5 Å². The molecule has 3 rings (SSSR count). The summed E-state index contributed by atoms with van der Waals surface area (Å²) in [6.45, 7) is 4.14. The Morgan fingerprint density at radius 2 is 1.55 bits per heavy atom. The number of para-hydroxylation sites is 1. The van der Waals surface area contributed by atoms with Crippen molar-refractivity contribution in [3.63, 3.8) is 0 Å². The number of carbonyl (C=O) groups excluding carboxylic acids is 1. The number of anilines is 1. The van der Waals surface area contributed by atoms with Gasteiger partial charge in [-0.3, -0.25) is 9.10 Å². The summed E-state index contributed by atoms with van der Waals surface area (Å²) in [5.41, 5.74) is 4.29. The van der Waals surface area contributed by atoms with Crippen molar-refractivity contribution in [1.29, 1.82) is 0 Å². The molecule has 0 heterocycles. The lowest BCUT2D eigenvalue weighted by atomic mass is 10.1. The Balaban J connectivity index is 1.74. The van der Waals surface area contributed by atoms with Crippen LogP contribution in [0.5, 0.6) is 0 Å². The highest BCUT2D eigenvalue weighted by molar-refractivity contribution is 7.92. The molecule has 1 amide bonds. The maximum absolute atomic E-state index is 13.3. The van der Waals surface area contributed by atoms with Gasteiger partial charge in [-0.25, -0.2) is 12.8 Å². The standard InChI is InChI=1S/C24H25FN2O3S/c1-17-6-4-7-18(2)23(17)27(31(3,29)30)16-19-10-12-21(13-11-19)24(28)26-15-20-8-5-9-22(25)14-20/h4-14H,15-16H2,1-3H3,(H,26,28). The Morgan fingerprint density at radius 3 is 2.13 bits per heavy atom. The van der Waals surface area contributed by atoms with Gasteiger partial charge in [-0.05, 0) is 60.4 Å². The van der Waals surface area contributed by atoms with E-state index in [1.165, 1.54) is 22.7 Å². The molecule has 0 fully saturated rings. The highest BCUT2D eigenvalue weighted by atomic mass is 32.2. The number of sulfonamides is 1. The smallest absolute Gasteiger partial charge is 0.251 e. The van der Waals surface area contributed by atoms with E-state index in [-0.39, 0.29) is 24.8 Å². The van der Waals surface area contributed by atoms with Crippen LogP contribution >= 0.6 is 0 Å². The van der Waals surface area contributed by atoms with Crippen molar-refractivity contribution in [3.05, 3.63) is 100 Å². The average molecular weight is 441 g/mol. The van der Waals surface area contributed by atoms with E-state index in [9.17, 15) is 17.6 Å². The second kappa shape index (κ2) is 9.31. The van der Waals surface area contributed by atoms with Gasteiger partial charge in [-0.2, -0.15) is 0 Å². The molecule has 0 atom stereocenters. The van der Waals surface area contributed by atoms with Gasteiger partial charge < -0.3 is 5.32 Å². The number of nitrogens with zero attached hydrogens (tertiary/aromatic N) is 1. The number of amides is 1. The van der Waals surface area contributed by atoms with E-state index in [1.54, 1.807) is 36.4 Å². The molecule has 1 N–H and O–H groups in total. The first-order valence-corrected chi connectivity index (χ1v) is 11.7. The predicted octanol–water partition coefficient (Wildman–Crippen LogP) is 4.34. The summed E-state index contributed by atoms with van der Waals surface area (Å²) >= 11 is 0. The number of hydrogen-bond donors (Lipinski definition) is 1. The van der Waals surface area contributed by atoms with Crippen LogP contribution in [0, 0.1) is 19.7 Å². The Hall–Kier alpha value is -3.19. The molecule has 0 saturated carbocycles. The monoisotopic (exact) mass is 440 g/mol. The minimum absolute atomic E-state index is 0.162. The number of aryl methyl sites for hydroxylation is 2. The summed E-state index contributed by atoms with van der Waals surface area (Å²) in [6.07, 6.45) is 1.19. The van der Waals surface area contributed by atoms with Crippen molar-refractivity contribution in [2.24, 2.45) is 0 Å². The van der Waals surface area contributed by atoms with E-state index in [0.29, 0.717) is 16.8 Å². The fraction of sp³-hybridized carbons (Fsp3) is 0.208. The van der Waals surface area contributed by atoms with Crippen LogP contribution in [-0.4, -0.2) is 20.6 Å². The normalized spacial score (nSPS) is 11.2. The highest BCUT2D eigenvalue weighted by Gasteiger charge is 2.21. The molecular weight excluding hydrogens is 415 g/mol. The van der Waals surface area contributed by atoms with Gasteiger partial charge in [-0.15, -0.1) is 0 Å². The quantitative estimate of drug-likeness (QED) is 0.594. The van der Waals surface area contributed by atoms with Crippen molar-refractivity contribution in [2.45, 2.75) is 26.9 Å². The van der Waals surface area contributed by atoms with Crippen LogP contribution < -0.4 is 9.62 Å². The lowest BCUT2D eigenvalue weighted by molar-refractivity contribution is 0.0951. The summed E-state index contributed by atoms with van der Waals surface area (Å²) in [4.78, 5) is 12.4. The lowest BCUT2D eigenvalue weighted by Crippen LogP contribution is -2.30. The van der Waals surface area contributed by atoms with Crippen molar-refractivity contribution in [1.82, 2.24) is 5.32 Å². The first-order valence-electron chi connectivity index (χ1n) is 9.80. The Morgan fingerprint density at radius 1 is 0.935 bits per heavy atom. The third kappa shape index (κ3) is 5.70. The molecule has 0 bridgehead atoms. The number of nitrogens with one attached hydrogen (secondary N) is 1. The number of carbonyl (C=O) groups is 1. The van der Waals surface area contributed by atoms with E-state index in [4.69, 9.17) is 0 Å². The lowest BCUT2D eigenvalue weighted by Gasteiger charge is -2.26. The third-order valence-electron chi connectivity index (χ3n) is 4.97. The number of rotatable bonds is 7. The van der Waals surface area contributed by atoms with Crippen LogP contribution in [0.2, 0.25) is 0 Å². The Bertz CT molecular complexity index is 1170. The molecule has 162 valence electrons. The van der Waals surface area contributed by atoms with Gasteiger partial charge in [0.1, 0.15) is 5.82 Å². The summed E-state index contributed by atoms with van der Waals surface area (Å²) < 4.78 is 39.6. The fourth-order valence-corrected chi connectivity index (χ4v) is 4.42. The molecule has 0 spiro atoms. The molecule has 3 aromatic carbocycles. The number of benzene rings is 3. The fourth-order valence-electron chi connectivity index (χ4n) is 3.42. The van der Waals surface area contributed by atoms with E-state index >= 15 is 0 Å². The second-order valence-electron chi connectivity index (χ2n) is 7.52. The minimum Gasteiger partial charge on any atom is -0.348 e. The molecule has 0 saturated heterocycles. The van der Waals surface area contributed by atoms with Gasteiger partial charge in [0, 0.05) is 12.1 Å². The predicted molar refractivity (Wildman–Crippen MR) is 121 cm³/mol. The van der Waals surface area contributed by atoms with Crippen LogP contribution in [-0.2, 0) is 23.1 Å². The number of halogens is 1. The van der Waals surface area contributed by atoms with Gasteiger partial charge >= 0.3 is 0 Å². The van der Waals surface area contributed by atoms with Crippen molar-refractivity contribution in [3.8, 4) is 0 Å².